The second-order valence-corrected chi connectivity index (χ2v) is 4.70. The summed E-state index contributed by atoms with van der Waals surface area (Å²) in [5.74, 6) is 0.0565. The lowest BCUT2D eigenvalue weighted by Crippen LogP contribution is -2.39. The summed E-state index contributed by atoms with van der Waals surface area (Å²) in [6.45, 7) is 4.43. The standard InChI is InChI=1S/C10H16N2OS.ClH/c1-7(6-11)12(3)10(13)9-5-4-8(2)14-9;/h4-5,7H,6,11H2,1-3H3;1H. The molecule has 0 aliphatic rings. The summed E-state index contributed by atoms with van der Waals surface area (Å²) in [5.41, 5.74) is 5.50. The van der Waals surface area contributed by atoms with Crippen LogP contribution in [-0.4, -0.2) is 30.4 Å². The van der Waals surface area contributed by atoms with Gasteiger partial charge in [0.05, 0.1) is 4.88 Å². The van der Waals surface area contributed by atoms with Crippen LogP contribution in [0, 0.1) is 6.92 Å². The van der Waals surface area contributed by atoms with Gasteiger partial charge in [0.25, 0.3) is 5.91 Å². The zero-order valence-corrected chi connectivity index (χ0v) is 10.8. The molecule has 0 radical (unpaired) electrons. The Labute approximate surface area is 101 Å². The molecule has 1 rings (SSSR count). The van der Waals surface area contributed by atoms with Crippen molar-refractivity contribution in [3.63, 3.8) is 0 Å². The average Bonchev–Trinajstić information content (AvgIpc) is 2.61. The molecular weight excluding hydrogens is 232 g/mol. The molecule has 1 aromatic rings. The van der Waals surface area contributed by atoms with Gasteiger partial charge in [0.1, 0.15) is 0 Å². The maximum Gasteiger partial charge on any atom is 0.263 e. The van der Waals surface area contributed by atoms with E-state index < -0.39 is 0 Å². The Kier molecular flexibility index (Phi) is 5.87. The Bertz CT molecular complexity index is 327. The zero-order chi connectivity index (χ0) is 10.7. The van der Waals surface area contributed by atoms with E-state index in [1.54, 1.807) is 11.9 Å². The van der Waals surface area contributed by atoms with Gasteiger partial charge >= 0.3 is 0 Å². The maximum absolute atomic E-state index is 11.8. The summed E-state index contributed by atoms with van der Waals surface area (Å²) in [4.78, 5) is 15.5. The van der Waals surface area contributed by atoms with Gasteiger partial charge in [-0.15, -0.1) is 23.7 Å². The lowest BCUT2D eigenvalue weighted by molar-refractivity contribution is 0.0753. The van der Waals surface area contributed by atoms with Gasteiger partial charge in [0, 0.05) is 24.5 Å². The van der Waals surface area contributed by atoms with Crippen LogP contribution in [0.4, 0.5) is 0 Å². The molecular formula is C10H17ClN2OS. The van der Waals surface area contributed by atoms with Crippen LogP contribution in [-0.2, 0) is 0 Å². The van der Waals surface area contributed by atoms with Crippen LogP contribution in [0.2, 0.25) is 0 Å². The van der Waals surface area contributed by atoms with Crippen molar-refractivity contribution in [2.24, 2.45) is 5.73 Å². The van der Waals surface area contributed by atoms with Crippen LogP contribution < -0.4 is 5.73 Å². The summed E-state index contributed by atoms with van der Waals surface area (Å²) in [5, 5.41) is 0. The smallest absolute Gasteiger partial charge is 0.263 e. The van der Waals surface area contributed by atoms with E-state index in [-0.39, 0.29) is 24.4 Å². The van der Waals surface area contributed by atoms with E-state index in [1.165, 1.54) is 11.3 Å². The fraction of sp³-hybridized carbons (Fsp3) is 0.500. The van der Waals surface area contributed by atoms with Crippen LogP contribution >= 0.6 is 23.7 Å². The molecule has 2 N–H and O–H groups in total. The van der Waals surface area contributed by atoms with E-state index in [0.717, 1.165) is 9.75 Å². The number of likely N-dealkylation sites (N-methyl/N-ethyl adjacent to an activating group) is 1. The van der Waals surface area contributed by atoms with Crippen LogP contribution in [0.1, 0.15) is 21.5 Å². The summed E-state index contributed by atoms with van der Waals surface area (Å²) in [6, 6.07) is 3.91. The van der Waals surface area contributed by atoms with Gasteiger partial charge in [-0.25, -0.2) is 0 Å². The average molecular weight is 249 g/mol. The van der Waals surface area contributed by atoms with Gasteiger partial charge in [0.15, 0.2) is 0 Å². The van der Waals surface area contributed by atoms with Crippen LogP contribution in [0.15, 0.2) is 12.1 Å². The Morgan fingerprint density at radius 1 is 1.60 bits per heavy atom. The summed E-state index contributed by atoms with van der Waals surface area (Å²) < 4.78 is 0. The lowest BCUT2D eigenvalue weighted by Gasteiger charge is -2.22. The Morgan fingerprint density at radius 3 is 2.60 bits per heavy atom. The Hall–Kier alpha value is -0.580. The van der Waals surface area contributed by atoms with E-state index in [1.807, 2.05) is 26.0 Å². The van der Waals surface area contributed by atoms with Crippen molar-refractivity contribution in [3.8, 4) is 0 Å². The molecule has 0 saturated heterocycles. The highest BCUT2D eigenvalue weighted by Crippen LogP contribution is 2.17. The van der Waals surface area contributed by atoms with Crippen molar-refractivity contribution in [1.29, 1.82) is 0 Å². The van der Waals surface area contributed by atoms with Gasteiger partial charge in [-0.3, -0.25) is 4.79 Å². The van der Waals surface area contributed by atoms with E-state index in [9.17, 15) is 4.79 Å². The molecule has 0 bridgehead atoms. The first-order chi connectivity index (χ1) is 6.56. The minimum absolute atomic E-state index is 0. The van der Waals surface area contributed by atoms with Gasteiger partial charge in [-0.1, -0.05) is 0 Å². The molecule has 1 heterocycles. The second kappa shape index (κ2) is 6.10. The molecule has 1 unspecified atom stereocenters. The molecule has 0 aliphatic heterocycles. The van der Waals surface area contributed by atoms with Gasteiger partial charge in [0.2, 0.25) is 0 Å². The Morgan fingerprint density at radius 2 is 2.20 bits per heavy atom. The van der Waals surface area contributed by atoms with Crippen molar-refractivity contribution in [2.75, 3.05) is 13.6 Å². The van der Waals surface area contributed by atoms with E-state index in [0.29, 0.717) is 6.54 Å². The second-order valence-electron chi connectivity index (χ2n) is 3.41. The normalized spacial score (nSPS) is 11.7. The first-order valence-corrected chi connectivity index (χ1v) is 5.41. The number of carbonyl (C=O) groups is 1. The first-order valence-electron chi connectivity index (χ1n) is 4.60. The highest BCUT2D eigenvalue weighted by molar-refractivity contribution is 7.13. The lowest BCUT2D eigenvalue weighted by atomic mass is 10.3. The molecule has 1 aromatic heterocycles. The van der Waals surface area contributed by atoms with Crippen LogP contribution in [0.3, 0.4) is 0 Å². The monoisotopic (exact) mass is 248 g/mol. The fourth-order valence-corrected chi connectivity index (χ4v) is 1.93. The first kappa shape index (κ1) is 14.4. The predicted octanol–water partition coefficient (Wildman–Crippen LogP) is 1.90. The van der Waals surface area contributed by atoms with E-state index >= 15 is 0 Å². The fourth-order valence-electron chi connectivity index (χ4n) is 1.08. The van der Waals surface area contributed by atoms with E-state index in [4.69, 9.17) is 5.73 Å². The number of hydrogen-bond acceptors (Lipinski definition) is 3. The SMILES string of the molecule is Cc1ccc(C(=O)N(C)C(C)CN)s1.Cl. The van der Waals surface area contributed by atoms with Crippen molar-refractivity contribution in [2.45, 2.75) is 19.9 Å². The van der Waals surface area contributed by atoms with Gasteiger partial charge < -0.3 is 10.6 Å². The number of halogens is 1. The Balaban J connectivity index is 0.00000196. The molecule has 86 valence electrons. The van der Waals surface area contributed by atoms with Gasteiger partial charge in [-0.2, -0.15) is 0 Å². The summed E-state index contributed by atoms with van der Waals surface area (Å²) >= 11 is 1.52. The van der Waals surface area contributed by atoms with E-state index in [2.05, 4.69) is 0 Å². The number of amides is 1. The molecule has 0 fully saturated rings. The molecule has 15 heavy (non-hydrogen) atoms. The largest absolute Gasteiger partial charge is 0.337 e. The number of carbonyl (C=O) groups excluding carboxylic acids is 1. The highest BCUT2D eigenvalue weighted by Gasteiger charge is 2.17. The number of thiophene rings is 1. The van der Waals surface area contributed by atoms with Crippen LogP contribution in [0.25, 0.3) is 0 Å². The molecule has 5 heteroatoms. The van der Waals surface area contributed by atoms with Crippen molar-refractivity contribution in [3.05, 3.63) is 21.9 Å². The number of rotatable bonds is 3. The summed E-state index contributed by atoms with van der Waals surface area (Å²) in [6.07, 6.45) is 0. The zero-order valence-electron chi connectivity index (χ0n) is 9.19. The van der Waals surface area contributed by atoms with Gasteiger partial charge in [-0.05, 0) is 26.0 Å². The topological polar surface area (TPSA) is 46.3 Å². The molecule has 0 aromatic carbocycles. The van der Waals surface area contributed by atoms with Crippen molar-refractivity contribution in [1.82, 2.24) is 4.90 Å². The molecule has 3 nitrogen and oxygen atoms in total. The number of aryl methyl sites for hydroxylation is 1. The highest BCUT2D eigenvalue weighted by atomic mass is 35.5. The molecule has 0 spiro atoms. The maximum atomic E-state index is 11.8. The predicted molar refractivity (Wildman–Crippen MR) is 66.9 cm³/mol. The quantitative estimate of drug-likeness (QED) is 0.888. The third-order valence-corrected chi connectivity index (χ3v) is 3.26. The third-order valence-electron chi connectivity index (χ3n) is 2.27. The molecule has 0 saturated carbocycles. The molecule has 1 amide bonds. The summed E-state index contributed by atoms with van der Waals surface area (Å²) in [7, 11) is 1.79. The number of hydrogen-bond donors (Lipinski definition) is 1. The molecule has 1 atom stereocenters. The third kappa shape index (κ3) is 3.48. The minimum atomic E-state index is 0. The number of nitrogens with two attached hydrogens (primary N) is 1. The minimum Gasteiger partial charge on any atom is -0.337 e. The number of nitrogens with zero attached hydrogens (tertiary/aromatic N) is 1. The van der Waals surface area contributed by atoms with Crippen molar-refractivity contribution >= 4 is 29.7 Å². The molecule has 0 aliphatic carbocycles. The van der Waals surface area contributed by atoms with Crippen LogP contribution in [0.5, 0.6) is 0 Å². The van der Waals surface area contributed by atoms with Crippen molar-refractivity contribution < 1.29 is 4.79 Å².